The minimum Gasteiger partial charge on any atom is -0.381 e. The third-order valence-electron chi connectivity index (χ3n) is 2.32. The Morgan fingerprint density at radius 2 is 2.50 bits per heavy atom. The summed E-state index contributed by atoms with van der Waals surface area (Å²) >= 11 is 1.97. The number of rotatable bonds is 1. The van der Waals surface area contributed by atoms with Gasteiger partial charge in [-0.15, -0.1) is 0 Å². The monoisotopic (exact) mass is 306 g/mol. The first kappa shape index (κ1) is 10.1. The van der Waals surface area contributed by atoms with Crippen molar-refractivity contribution < 1.29 is 4.74 Å². The van der Waals surface area contributed by atoms with Crippen LogP contribution in [0.3, 0.4) is 0 Å². The second kappa shape index (κ2) is 4.39. The molecule has 2 rings (SSSR count). The Hall–Kier alpha value is -0.430. The lowest BCUT2D eigenvalue weighted by atomic mass is 10.0. The molecule has 4 nitrogen and oxygen atoms in total. The molecule has 1 aliphatic heterocycles. The van der Waals surface area contributed by atoms with Crippen molar-refractivity contribution >= 4 is 22.6 Å². The summed E-state index contributed by atoms with van der Waals surface area (Å²) in [6, 6.07) is 0. The highest BCUT2D eigenvalue weighted by Gasteiger charge is 2.18. The van der Waals surface area contributed by atoms with Crippen LogP contribution in [0.5, 0.6) is 0 Å². The fourth-order valence-corrected chi connectivity index (χ4v) is 1.83. The minimum atomic E-state index is -0.0545. The number of aromatic nitrogens is 2. The van der Waals surface area contributed by atoms with E-state index in [1.807, 2.05) is 22.6 Å². The largest absolute Gasteiger partial charge is 0.381 e. The number of H-pyrrole nitrogens is 1. The van der Waals surface area contributed by atoms with Crippen LogP contribution in [-0.2, 0) is 4.74 Å². The molecular formula is C9H11IN2O2. The molecule has 0 amide bonds. The number of hydrogen-bond donors (Lipinski definition) is 1. The van der Waals surface area contributed by atoms with Crippen LogP contribution >= 0.6 is 22.6 Å². The van der Waals surface area contributed by atoms with Crippen LogP contribution in [0.2, 0.25) is 0 Å². The fraction of sp³-hybridized carbons (Fsp3) is 0.556. The smallest absolute Gasteiger partial charge is 0.264 e. The average Bonchev–Trinajstić information content (AvgIpc) is 2.23. The van der Waals surface area contributed by atoms with Gasteiger partial charge in [0, 0.05) is 18.7 Å². The topological polar surface area (TPSA) is 55.0 Å². The van der Waals surface area contributed by atoms with Crippen molar-refractivity contribution in [2.45, 2.75) is 18.8 Å². The summed E-state index contributed by atoms with van der Waals surface area (Å²) < 4.78 is 5.97. The zero-order valence-corrected chi connectivity index (χ0v) is 9.78. The van der Waals surface area contributed by atoms with Crippen molar-refractivity contribution in [3.8, 4) is 0 Å². The summed E-state index contributed by atoms with van der Waals surface area (Å²) in [5.41, 5.74) is -0.0545. The molecule has 1 aromatic rings. The van der Waals surface area contributed by atoms with Crippen LogP contribution < -0.4 is 5.56 Å². The molecule has 2 heterocycles. The van der Waals surface area contributed by atoms with Gasteiger partial charge in [0.2, 0.25) is 0 Å². The molecule has 0 aliphatic carbocycles. The van der Waals surface area contributed by atoms with Gasteiger partial charge in [-0.3, -0.25) is 4.79 Å². The van der Waals surface area contributed by atoms with Gasteiger partial charge in [0.25, 0.3) is 5.56 Å². The van der Waals surface area contributed by atoms with Crippen molar-refractivity contribution in [3.63, 3.8) is 0 Å². The molecule has 1 aliphatic rings. The molecule has 5 heteroatoms. The standard InChI is InChI=1S/C9H11IN2O2/c10-7-4-11-8(12-9(7)13)6-2-1-3-14-5-6/h4,6H,1-3,5H2,(H,11,12,13). The Morgan fingerprint density at radius 3 is 3.14 bits per heavy atom. The van der Waals surface area contributed by atoms with Crippen molar-refractivity contribution in [2.24, 2.45) is 0 Å². The number of ether oxygens (including phenoxy) is 1. The summed E-state index contributed by atoms with van der Waals surface area (Å²) in [5.74, 6) is 1.02. The number of nitrogens with one attached hydrogen (secondary N) is 1. The first-order chi connectivity index (χ1) is 6.77. The second-order valence-corrected chi connectivity index (χ2v) is 4.52. The first-order valence-corrected chi connectivity index (χ1v) is 5.67. The molecule has 0 spiro atoms. The van der Waals surface area contributed by atoms with E-state index in [9.17, 15) is 4.79 Å². The molecule has 1 saturated heterocycles. The Bertz CT molecular complexity index is 371. The average molecular weight is 306 g/mol. The van der Waals surface area contributed by atoms with Crippen LogP contribution in [-0.4, -0.2) is 23.2 Å². The maximum absolute atomic E-state index is 11.3. The molecule has 1 unspecified atom stereocenters. The number of nitrogens with zero attached hydrogens (tertiary/aromatic N) is 1. The molecule has 1 N–H and O–H groups in total. The summed E-state index contributed by atoms with van der Waals surface area (Å²) in [7, 11) is 0. The van der Waals surface area contributed by atoms with Gasteiger partial charge in [0.15, 0.2) is 0 Å². The van der Waals surface area contributed by atoms with Gasteiger partial charge in [0.05, 0.1) is 10.2 Å². The molecule has 76 valence electrons. The molecule has 1 atom stereocenters. The van der Waals surface area contributed by atoms with Gasteiger partial charge in [-0.2, -0.15) is 0 Å². The molecule has 0 saturated carbocycles. The summed E-state index contributed by atoms with van der Waals surface area (Å²) in [6.45, 7) is 1.49. The minimum absolute atomic E-state index is 0.0545. The van der Waals surface area contributed by atoms with E-state index < -0.39 is 0 Å². The van der Waals surface area contributed by atoms with Crippen LogP contribution in [0, 0.1) is 3.57 Å². The maximum atomic E-state index is 11.3. The molecule has 0 bridgehead atoms. The van der Waals surface area contributed by atoms with Gasteiger partial charge in [0.1, 0.15) is 5.82 Å². The SMILES string of the molecule is O=c1[nH]c(C2CCCOC2)ncc1I. The fourth-order valence-electron chi connectivity index (χ4n) is 1.56. The van der Waals surface area contributed by atoms with Gasteiger partial charge in [-0.25, -0.2) is 4.98 Å². The van der Waals surface area contributed by atoms with E-state index in [1.165, 1.54) is 0 Å². The van der Waals surface area contributed by atoms with Crippen molar-refractivity contribution in [1.29, 1.82) is 0 Å². The molecule has 0 radical (unpaired) electrons. The third-order valence-corrected chi connectivity index (χ3v) is 3.09. The van der Waals surface area contributed by atoms with E-state index in [-0.39, 0.29) is 11.5 Å². The van der Waals surface area contributed by atoms with E-state index in [0.29, 0.717) is 10.2 Å². The maximum Gasteiger partial charge on any atom is 0.264 e. The van der Waals surface area contributed by atoms with E-state index in [1.54, 1.807) is 6.20 Å². The lowest BCUT2D eigenvalue weighted by Gasteiger charge is -2.20. The summed E-state index contributed by atoms with van der Waals surface area (Å²) in [6.07, 6.45) is 3.70. The lowest BCUT2D eigenvalue weighted by molar-refractivity contribution is 0.0779. The van der Waals surface area contributed by atoms with Gasteiger partial charge < -0.3 is 9.72 Å². The molecule has 1 aromatic heterocycles. The number of aromatic amines is 1. The quantitative estimate of drug-likeness (QED) is 0.795. The number of hydrogen-bond acceptors (Lipinski definition) is 3. The Kier molecular flexibility index (Phi) is 3.17. The van der Waals surface area contributed by atoms with Gasteiger partial charge in [-0.1, -0.05) is 0 Å². The van der Waals surface area contributed by atoms with E-state index in [4.69, 9.17) is 4.74 Å². The zero-order valence-electron chi connectivity index (χ0n) is 7.62. The second-order valence-electron chi connectivity index (χ2n) is 3.36. The molecule has 1 fully saturated rings. The molecular weight excluding hydrogens is 295 g/mol. The Labute approximate surface area is 95.2 Å². The highest BCUT2D eigenvalue weighted by atomic mass is 127. The first-order valence-electron chi connectivity index (χ1n) is 4.60. The van der Waals surface area contributed by atoms with Crippen molar-refractivity contribution in [2.75, 3.05) is 13.2 Å². The Balaban J connectivity index is 2.23. The van der Waals surface area contributed by atoms with Crippen LogP contribution in [0.1, 0.15) is 24.6 Å². The summed E-state index contributed by atoms with van der Waals surface area (Å²) in [5, 5.41) is 0. The van der Waals surface area contributed by atoms with Crippen LogP contribution in [0.4, 0.5) is 0 Å². The van der Waals surface area contributed by atoms with Gasteiger partial charge >= 0.3 is 0 Å². The predicted molar refractivity (Wildman–Crippen MR) is 60.4 cm³/mol. The molecule has 0 aromatic carbocycles. The van der Waals surface area contributed by atoms with E-state index >= 15 is 0 Å². The van der Waals surface area contributed by atoms with Crippen LogP contribution in [0.25, 0.3) is 0 Å². The lowest BCUT2D eigenvalue weighted by Crippen LogP contribution is -2.22. The van der Waals surface area contributed by atoms with Crippen molar-refractivity contribution in [1.82, 2.24) is 9.97 Å². The highest BCUT2D eigenvalue weighted by molar-refractivity contribution is 14.1. The Morgan fingerprint density at radius 1 is 1.64 bits per heavy atom. The zero-order chi connectivity index (χ0) is 9.97. The normalized spacial score (nSPS) is 22.2. The third kappa shape index (κ3) is 2.14. The highest BCUT2D eigenvalue weighted by Crippen LogP contribution is 2.21. The van der Waals surface area contributed by atoms with Crippen LogP contribution in [0.15, 0.2) is 11.0 Å². The molecule has 14 heavy (non-hydrogen) atoms. The van der Waals surface area contributed by atoms with E-state index in [2.05, 4.69) is 9.97 Å². The number of halogens is 1. The predicted octanol–water partition coefficient (Wildman–Crippen LogP) is 1.27. The van der Waals surface area contributed by atoms with Crippen molar-refractivity contribution in [3.05, 3.63) is 25.9 Å². The van der Waals surface area contributed by atoms with E-state index in [0.717, 1.165) is 25.3 Å². The summed E-state index contributed by atoms with van der Waals surface area (Å²) in [4.78, 5) is 18.3. The van der Waals surface area contributed by atoms with Gasteiger partial charge in [-0.05, 0) is 35.4 Å².